The lowest BCUT2D eigenvalue weighted by molar-refractivity contribution is -0.188. The van der Waals surface area contributed by atoms with E-state index in [1.807, 2.05) is 0 Å². The van der Waals surface area contributed by atoms with Crippen LogP contribution in [0.1, 0.15) is 39.0 Å². The first kappa shape index (κ1) is 14.3. The van der Waals surface area contributed by atoms with Gasteiger partial charge in [-0.05, 0) is 26.2 Å². The Labute approximate surface area is 98.5 Å². The average Bonchev–Trinajstić information content (AvgIpc) is 2.15. The van der Waals surface area contributed by atoms with E-state index in [1.165, 1.54) is 0 Å². The summed E-state index contributed by atoms with van der Waals surface area (Å²) in [5.41, 5.74) is 4.81. The van der Waals surface area contributed by atoms with Crippen molar-refractivity contribution in [2.45, 2.75) is 50.7 Å². The van der Waals surface area contributed by atoms with Gasteiger partial charge >= 0.3 is 12.1 Å². The Morgan fingerprint density at radius 3 is 2.71 bits per heavy atom. The predicted octanol–water partition coefficient (Wildman–Crippen LogP) is 2.39. The van der Waals surface area contributed by atoms with E-state index in [4.69, 9.17) is 10.5 Å². The highest BCUT2D eigenvalue weighted by atomic mass is 19.4. The lowest BCUT2D eigenvalue weighted by Crippen LogP contribution is -2.48. The minimum Gasteiger partial charge on any atom is -0.466 e. The molecule has 2 N–H and O–H groups in total. The molecule has 0 radical (unpaired) electrons. The average molecular weight is 253 g/mol. The second-order valence-electron chi connectivity index (χ2n) is 4.68. The van der Waals surface area contributed by atoms with E-state index in [0.717, 1.165) is 0 Å². The smallest absolute Gasteiger partial charge is 0.391 e. The normalized spacial score (nSPS) is 30.1. The standard InChI is InChI=1S/C11H18F3NO2/c1-2-17-9(16)7-10(15)5-3-4-8(6-10)11(12,13)14/h8H,2-7,15H2,1H3. The zero-order valence-corrected chi connectivity index (χ0v) is 9.85. The van der Waals surface area contributed by atoms with Gasteiger partial charge in [-0.1, -0.05) is 6.42 Å². The van der Waals surface area contributed by atoms with Crippen molar-refractivity contribution in [1.82, 2.24) is 0 Å². The molecule has 0 aromatic heterocycles. The van der Waals surface area contributed by atoms with Crippen LogP contribution in [0.3, 0.4) is 0 Å². The van der Waals surface area contributed by atoms with E-state index in [0.29, 0.717) is 12.8 Å². The maximum Gasteiger partial charge on any atom is 0.391 e. The monoisotopic (exact) mass is 253 g/mol. The van der Waals surface area contributed by atoms with Crippen LogP contribution in [0.4, 0.5) is 13.2 Å². The Kier molecular flexibility index (Phi) is 4.41. The van der Waals surface area contributed by atoms with Gasteiger partial charge in [0.15, 0.2) is 0 Å². The van der Waals surface area contributed by atoms with E-state index in [1.54, 1.807) is 6.92 Å². The molecule has 1 aliphatic rings. The van der Waals surface area contributed by atoms with Crippen LogP contribution in [0, 0.1) is 5.92 Å². The van der Waals surface area contributed by atoms with E-state index >= 15 is 0 Å². The minimum atomic E-state index is -4.22. The zero-order valence-electron chi connectivity index (χ0n) is 9.85. The number of alkyl halides is 3. The van der Waals surface area contributed by atoms with E-state index in [2.05, 4.69) is 0 Å². The van der Waals surface area contributed by atoms with E-state index in [-0.39, 0.29) is 25.9 Å². The van der Waals surface area contributed by atoms with Crippen molar-refractivity contribution in [3.63, 3.8) is 0 Å². The molecule has 1 fully saturated rings. The van der Waals surface area contributed by atoms with Gasteiger partial charge < -0.3 is 10.5 Å². The quantitative estimate of drug-likeness (QED) is 0.786. The summed E-state index contributed by atoms with van der Waals surface area (Å²) in [6.45, 7) is 1.87. The number of ether oxygens (including phenoxy) is 1. The van der Waals surface area contributed by atoms with Crippen molar-refractivity contribution in [2.24, 2.45) is 11.7 Å². The molecule has 0 spiro atoms. The molecule has 0 bridgehead atoms. The van der Waals surface area contributed by atoms with Crippen LogP contribution in [0.2, 0.25) is 0 Å². The lowest BCUT2D eigenvalue weighted by Gasteiger charge is -2.38. The highest BCUT2D eigenvalue weighted by molar-refractivity contribution is 5.70. The van der Waals surface area contributed by atoms with Crippen molar-refractivity contribution in [2.75, 3.05) is 6.61 Å². The van der Waals surface area contributed by atoms with Gasteiger partial charge in [0.2, 0.25) is 0 Å². The Morgan fingerprint density at radius 1 is 1.53 bits per heavy atom. The van der Waals surface area contributed by atoms with Gasteiger partial charge in [-0.25, -0.2) is 0 Å². The number of halogens is 3. The van der Waals surface area contributed by atoms with Crippen molar-refractivity contribution in [3.8, 4) is 0 Å². The maximum absolute atomic E-state index is 12.6. The molecule has 1 aliphatic carbocycles. The fraction of sp³-hybridized carbons (Fsp3) is 0.909. The van der Waals surface area contributed by atoms with Crippen LogP contribution in [-0.4, -0.2) is 24.3 Å². The van der Waals surface area contributed by atoms with Crippen LogP contribution < -0.4 is 5.73 Å². The van der Waals surface area contributed by atoms with Gasteiger partial charge in [-0.3, -0.25) is 4.79 Å². The molecule has 0 saturated heterocycles. The molecule has 0 amide bonds. The number of hydrogen-bond acceptors (Lipinski definition) is 3. The molecule has 1 saturated carbocycles. The zero-order chi connectivity index (χ0) is 13.1. The van der Waals surface area contributed by atoms with Gasteiger partial charge in [0.25, 0.3) is 0 Å². The summed E-state index contributed by atoms with van der Waals surface area (Å²) in [5.74, 6) is -1.91. The summed E-state index contributed by atoms with van der Waals surface area (Å²) in [6, 6.07) is 0. The third-order valence-corrected chi connectivity index (χ3v) is 3.14. The summed E-state index contributed by atoms with van der Waals surface area (Å²) < 4.78 is 42.5. The van der Waals surface area contributed by atoms with Crippen molar-refractivity contribution < 1.29 is 22.7 Å². The second-order valence-corrected chi connectivity index (χ2v) is 4.68. The third kappa shape index (κ3) is 4.18. The van der Waals surface area contributed by atoms with Crippen molar-refractivity contribution >= 4 is 5.97 Å². The molecule has 3 nitrogen and oxygen atoms in total. The van der Waals surface area contributed by atoms with Crippen molar-refractivity contribution in [1.29, 1.82) is 0 Å². The van der Waals surface area contributed by atoms with Crippen LogP contribution in [-0.2, 0) is 9.53 Å². The summed E-state index contributed by atoms with van der Waals surface area (Å²) in [4.78, 5) is 11.3. The summed E-state index contributed by atoms with van der Waals surface area (Å²) in [5, 5.41) is 0. The Bertz CT molecular complexity index is 280. The number of carbonyl (C=O) groups is 1. The largest absolute Gasteiger partial charge is 0.466 e. The highest BCUT2D eigenvalue weighted by Crippen LogP contribution is 2.41. The van der Waals surface area contributed by atoms with E-state index in [9.17, 15) is 18.0 Å². The molecule has 17 heavy (non-hydrogen) atoms. The van der Waals surface area contributed by atoms with E-state index < -0.39 is 23.6 Å². The predicted molar refractivity (Wildman–Crippen MR) is 56.2 cm³/mol. The van der Waals surface area contributed by atoms with Gasteiger partial charge in [0.05, 0.1) is 18.9 Å². The second kappa shape index (κ2) is 5.25. The lowest BCUT2D eigenvalue weighted by atomic mass is 9.74. The number of rotatable bonds is 3. The molecule has 0 heterocycles. The van der Waals surface area contributed by atoms with Crippen LogP contribution in [0.15, 0.2) is 0 Å². The maximum atomic E-state index is 12.6. The summed E-state index contributed by atoms with van der Waals surface area (Å²) in [6.07, 6.45) is -3.59. The molecule has 0 aromatic carbocycles. The van der Waals surface area contributed by atoms with Gasteiger partial charge in [0.1, 0.15) is 0 Å². The number of carbonyl (C=O) groups excluding carboxylic acids is 1. The van der Waals surface area contributed by atoms with Crippen LogP contribution in [0.5, 0.6) is 0 Å². The minimum absolute atomic E-state index is 0.102. The molecule has 2 unspecified atom stereocenters. The molecule has 2 atom stereocenters. The first-order valence-corrected chi connectivity index (χ1v) is 5.78. The number of esters is 1. The summed E-state index contributed by atoms with van der Waals surface area (Å²) >= 11 is 0. The molecule has 1 rings (SSSR count). The Morgan fingerprint density at radius 2 is 2.18 bits per heavy atom. The fourth-order valence-corrected chi connectivity index (χ4v) is 2.33. The van der Waals surface area contributed by atoms with Crippen LogP contribution >= 0.6 is 0 Å². The molecular weight excluding hydrogens is 235 g/mol. The number of nitrogens with two attached hydrogens (primary N) is 1. The molecule has 6 heteroatoms. The van der Waals surface area contributed by atoms with Gasteiger partial charge in [-0.2, -0.15) is 13.2 Å². The number of hydrogen-bond donors (Lipinski definition) is 1. The van der Waals surface area contributed by atoms with Crippen LogP contribution in [0.25, 0.3) is 0 Å². The fourth-order valence-electron chi connectivity index (χ4n) is 2.33. The van der Waals surface area contributed by atoms with Gasteiger partial charge in [-0.15, -0.1) is 0 Å². The SMILES string of the molecule is CCOC(=O)CC1(N)CCCC(C(F)(F)F)C1. The topological polar surface area (TPSA) is 52.3 Å². The summed E-state index contributed by atoms with van der Waals surface area (Å²) in [7, 11) is 0. The highest BCUT2D eigenvalue weighted by Gasteiger charge is 2.46. The molecule has 0 aromatic rings. The van der Waals surface area contributed by atoms with Gasteiger partial charge in [0, 0.05) is 5.54 Å². The molecule has 100 valence electrons. The first-order valence-electron chi connectivity index (χ1n) is 5.78. The Hall–Kier alpha value is -0.780. The van der Waals surface area contributed by atoms with Crippen molar-refractivity contribution in [3.05, 3.63) is 0 Å². The first-order chi connectivity index (χ1) is 7.77. The molecule has 0 aliphatic heterocycles. The Balaban J connectivity index is 2.60. The molecular formula is C11H18F3NO2. The third-order valence-electron chi connectivity index (χ3n) is 3.14.